The summed E-state index contributed by atoms with van der Waals surface area (Å²) in [6, 6.07) is 20.6. The highest BCUT2D eigenvalue weighted by molar-refractivity contribution is 5.85. The Morgan fingerprint density at radius 3 is 2.36 bits per heavy atom. The maximum atomic E-state index is 13.0. The van der Waals surface area contributed by atoms with Crippen LogP contribution in [0.4, 0.5) is 0 Å². The zero-order valence-electron chi connectivity index (χ0n) is 14.4. The van der Waals surface area contributed by atoms with E-state index >= 15 is 0 Å². The van der Waals surface area contributed by atoms with E-state index in [4.69, 9.17) is 5.73 Å². The molecule has 128 valence electrons. The van der Waals surface area contributed by atoms with E-state index in [2.05, 4.69) is 36.2 Å². The van der Waals surface area contributed by atoms with Gasteiger partial charge in [0, 0.05) is 25.8 Å². The topological polar surface area (TPSA) is 49.6 Å². The molecule has 0 bridgehead atoms. The molecular weight excluding hydrogens is 310 g/mol. The van der Waals surface area contributed by atoms with E-state index < -0.39 is 0 Å². The lowest BCUT2D eigenvalue weighted by Crippen LogP contribution is -2.37. The SMILES string of the molecule is CN1C2=C(CN(C(=O)C(CN)c3ccccc3)C2)C1c1ccccc1. The number of hydrogen-bond donors (Lipinski definition) is 1. The fourth-order valence-electron chi connectivity index (χ4n) is 4.04. The van der Waals surface area contributed by atoms with Gasteiger partial charge in [-0.2, -0.15) is 0 Å². The van der Waals surface area contributed by atoms with E-state index in [1.807, 2.05) is 41.3 Å². The lowest BCUT2D eigenvalue weighted by Gasteiger charge is -2.41. The van der Waals surface area contributed by atoms with Gasteiger partial charge in [-0.05, 0) is 16.7 Å². The van der Waals surface area contributed by atoms with Crippen molar-refractivity contribution in [2.24, 2.45) is 5.73 Å². The molecular formula is C21H23N3O. The zero-order chi connectivity index (χ0) is 17.4. The predicted octanol–water partition coefficient (Wildman–Crippen LogP) is 2.51. The number of rotatable bonds is 4. The number of nitrogens with two attached hydrogens (primary N) is 1. The first-order valence-electron chi connectivity index (χ1n) is 8.74. The zero-order valence-corrected chi connectivity index (χ0v) is 14.4. The minimum atomic E-state index is -0.264. The van der Waals surface area contributed by atoms with E-state index in [1.54, 1.807) is 0 Å². The number of carbonyl (C=O) groups is 1. The Kier molecular flexibility index (Phi) is 4.06. The highest BCUT2D eigenvalue weighted by Gasteiger charge is 2.43. The summed E-state index contributed by atoms with van der Waals surface area (Å²) in [5.41, 5.74) is 10.9. The van der Waals surface area contributed by atoms with Gasteiger partial charge in [0.1, 0.15) is 0 Å². The molecule has 2 aliphatic heterocycles. The van der Waals surface area contributed by atoms with Gasteiger partial charge >= 0.3 is 0 Å². The fraction of sp³-hybridized carbons (Fsp3) is 0.286. The second-order valence-electron chi connectivity index (χ2n) is 6.79. The minimum absolute atomic E-state index is 0.128. The number of carbonyl (C=O) groups excluding carboxylic acids is 1. The molecule has 1 amide bonds. The van der Waals surface area contributed by atoms with Crippen LogP contribution in [0.5, 0.6) is 0 Å². The molecule has 2 aromatic carbocycles. The van der Waals surface area contributed by atoms with E-state index in [-0.39, 0.29) is 11.8 Å². The van der Waals surface area contributed by atoms with Crippen molar-refractivity contribution >= 4 is 5.91 Å². The number of amides is 1. The van der Waals surface area contributed by atoms with Crippen molar-refractivity contribution in [3.8, 4) is 0 Å². The summed E-state index contributed by atoms with van der Waals surface area (Å²) >= 11 is 0. The van der Waals surface area contributed by atoms with Crippen LogP contribution in [0.2, 0.25) is 0 Å². The third-order valence-electron chi connectivity index (χ3n) is 5.38. The molecule has 0 radical (unpaired) electrons. The van der Waals surface area contributed by atoms with Crippen LogP contribution < -0.4 is 5.73 Å². The lowest BCUT2D eigenvalue weighted by molar-refractivity contribution is -0.131. The second kappa shape index (κ2) is 6.37. The Hall–Kier alpha value is -2.59. The smallest absolute Gasteiger partial charge is 0.232 e. The normalized spacial score (nSPS) is 20.3. The Morgan fingerprint density at radius 1 is 1.08 bits per heavy atom. The van der Waals surface area contributed by atoms with Crippen molar-refractivity contribution < 1.29 is 4.79 Å². The van der Waals surface area contributed by atoms with Crippen LogP contribution in [0.1, 0.15) is 23.1 Å². The van der Waals surface area contributed by atoms with Crippen LogP contribution in [0.25, 0.3) is 0 Å². The molecule has 0 aliphatic carbocycles. The molecule has 0 saturated heterocycles. The fourth-order valence-corrected chi connectivity index (χ4v) is 4.04. The number of likely N-dealkylation sites (N-methyl/N-ethyl adjacent to an activating group) is 1. The van der Waals surface area contributed by atoms with Crippen LogP contribution in [0.3, 0.4) is 0 Å². The second-order valence-corrected chi connectivity index (χ2v) is 6.79. The lowest BCUT2D eigenvalue weighted by atomic mass is 9.90. The summed E-state index contributed by atoms with van der Waals surface area (Å²) in [6.45, 7) is 1.74. The monoisotopic (exact) mass is 333 g/mol. The van der Waals surface area contributed by atoms with Gasteiger partial charge in [-0.15, -0.1) is 0 Å². The molecule has 2 unspecified atom stereocenters. The molecule has 0 spiro atoms. The summed E-state index contributed by atoms with van der Waals surface area (Å²) in [5, 5.41) is 0. The average Bonchev–Trinajstić information content (AvgIpc) is 3.04. The standard InChI is InChI=1S/C21H23N3O/c1-23-19-14-24(13-18(19)20(23)16-10-6-3-7-11-16)21(25)17(12-22)15-8-4-2-5-9-15/h2-11,17,20H,12-14,22H2,1H3. The van der Waals surface area contributed by atoms with Gasteiger partial charge in [0.25, 0.3) is 0 Å². The summed E-state index contributed by atoms with van der Waals surface area (Å²) < 4.78 is 0. The largest absolute Gasteiger partial charge is 0.365 e. The summed E-state index contributed by atoms with van der Waals surface area (Å²) in [5.74, 6) is -0.135. The molecule has 4 rings (SSSR count). The van der Waals surface area contributed by atoms with Crippen molar-refractivity contribution in [1.82, 2.24) is 9.80 Å². The van der Waals surface area contributed by atoms with Gasteiger partial charge in [0.2, 0.25) is 5.91 Å². The van der Waals surface area contributed by atoms with E-state index in [0.29, 0.717) is 25.7 Å². The molecule has 2 N–H and O–H groups in total. The van der Waals surface area contributed by atoms with E-state index in [0.717, 1.165) is 5.56 Å². The third-order valence-corrected chi connectivity index (χ3v) is 5.38. The van der Waals surface area contributed by atoms with Crippen LogP contribution in [0, 0.1) is 0 Å². The van der Waals surface area contributed by atoms with Crippen LogP contribution in [-0.4, -0.2) is 42.4 Å². The Morgan fingerprint density at radius 2 is 1.72 bits per heavy atom. The van der Waals surface area contributed by atoms with E-state index in [9.17, 15) is 4.79 Å². The van der Waals surface area contributed by atoms with Crippen LogP contribution in [-0.2, 0) is 4.79 Å². The maximum Gasteiger partial charge on any atom is 0.232 e. The van der Waals surface area contributed by atoms with Crippen LogP contribution in [0.15, 0.2) is 71.9 Å². The van der Waals surface area contributed by atoms with Crippen LogP contribution >= 0.6 is 0 Å². The first-order chi connectivity index (χ1) is 12.2. The van der Waals surface area contributed by atoms with Crippen molar-refractivity contribution in [2.75, 3.05) is 26.7 Å². The van der Waals surface area contributed by atoms with Gasteiger partial charge in [0.05, 0.1) is 18.5 Å². The Bertz CT molecular complexity index is 800. The molecule has 4 nitrogen and oxygen atoms in total. The highest BCUT2D eigenvalue weighted by atomic mass is 16.2. The molecule has 2 heterocycles. The first-order valence-corrected chi connectivity index (χ1v) is 8.74. The molecule has 4 heteroatoms. The third kappa shape index (κ3) is 2.63. The Labute approximate surface area is 148 Å². The summed E-state index contributed by atoms with van der Waals surface area (Å²) in [4.78, 5) is 17.3. The average molecular weight is 333 g/mol. The molecule has 2 aromatic rings. The van der Waals surface area contributed by atoms with Gasteiger partial charge in [-0.25, -0.2) is 0 Å². The predicted molar refractivity (Wildman–Crippen MR) is 98.8 cm³/mol. The number of nitrogens with zero attached hydrogens (tertiary/aromatic N) is 2. The van der Waals surface area contributed by atoms with Crippen molar-refractivity contribution in [1.29, 1.82) is 0 Å². The van der Waals surface area contributed by atoms with Gasteiger partial charge in [-0.3, -0.25) is 4.79 Å². The first kappa shape index (κ1) is 15.9. The molecule has 0 aromatic heterocycles. The molecule has 0 saturated carbocycles. The highest BCUT2D eigenvalue weighted by Crippen LogP contribution is 2.45. The van der Waals surface area contributed by atoms with Crippen molar-refractivity contribution in [3.05, 3.63) is 83.1 Å². The maximum absolute atomic E-state index is 13.0. The molecule has 25 heavy (non-hydrogen) atoms. The Balaban J connectivity index is 1.51. The van der Waals surface area contributed by atoms with Crippen molar-refractivity contribution in [2.45, 2.75) is 12.0 Å². The van der Waals surface area contributed by atoms with E-state index in [1.165, 1.54) is 16.8 Å². The molecule has 2 atom stereocenters. The van der Waals surface area contributed by atoms with Crippen molar-refractivity contribution in [3.63, 3.8) is 0 Å². The summed E-state index contributed by atoms with van der Waals surface area (Å²) in [7, 11) is 2.11. The van der Waals surface area contributed by atoms with Gasteiger partial charge in [0.15, 0.2) is 0 Å². The summed E-state index contributed by atoms with van der Waals surface area (Å²) in [6.07, 6.45) is 0. The minimum Gasteiger partial charge on any atom is -0.365 e. The van der Waals surface area contributed by atoms with Gasteiger partial charge in [-0.1, -0.05) is 60.7 Å². The quantitative estimate of drug-likeness (QED) is 0.935. The number of hydrogen-bond acceptors (Lipinski definition) is 3. The number of benzene rings is 2. The molecule has 0 fully saturated rings. The molecule has 2 aliphatic rings. The van der Waals surface area contributed by atoms with Gasteiger partial charge < -0.3 is 15.5 Å².